The third kappa shape index (κ3) is 5.78. The Labute approximate surface area is 90.2 Å². The van der Waals surface area contributed by atoms with Crippen LogP contribution in [-0.2, 0) is 14.3 Å². The summed E-state index contributed by atoms with van der Waals surface area (Å²) in [5.74, 6) is -0.596. The fourth-order valence-electron chi connectivity index (χ4n) is 0.825. The van der Waals surface area contributed by atoms with Gasteiger partial charge in [0.25, 0.3) is 0 Å². The standard InChI is InChI=1S/C9H15NO3Se/c1-4-5-14-6-8(9(12)13-3)10-7(2)11/h4,8H,1,5-6H2,2-3H3,(H,10,11)/t8-/m0/s1. The number of rotatable bonds is 6. The molecule has 0 aromatic carbocycles. The monoisotopic (exact) mass is 265 g/mol. The van der Waals surface area contributed by atoms with Crippen LogP contribution >= 0.6 is 0 Å². The molecule has 0 aliphatic rings. The van der Waals surface area contributed by atoms with Gasteiger partial charge in [-0.25, -0.2) is 0 Å². The van der Waals surface area contributed by atoms with E-state index in [1.165, 1.54) is 14.0 Å². The van der Waals surface area contributed by atoms with Gasteiger partial charge in [-0.15, -0.1) is 0 Å². The van der Waals surface area contributed by atoms with Crippen molar-refractivity contribution in [3.8, 4) is 0 Å². The van der Waals surface area contributed by atoms with Crippen LogP contribution in [0.15, 0.2) is 12.7 Å². The molecule has 0 saturated carbocycles. The van der Waals surface area contributed by atoms with Gasteiger partial charge in [0.2, 0.25) is 0 Å². The van der Waals surface area contributed by atoms with Crippen molar-refractivity contribution in [1.82, 2.24) is 5.32 Å². The number of hydrogen-bond donors (Lipinski definition) is 1. The van der Waals surface area contributed by atoms with E-state index < -0.39 is 6.04 Å². The molecule has 0 unspecified atom stereocenters. The van der Waals surface area contributed by atoms with Crippen LogP contribution in [0.3, 0.4) is 0 Å². The van der Waals surface area contributed by atoms with E-state index in [1.54, 1.807) is 0 Å². The molecule has 0 radical (unpaired) electrons. The van der Waals surface area contributed by atoms with Crippen LogP contribution in [0.5, 0.6) is 0 Å². The number of esters is 1. The molecule has 0 fully saturated rings. The number of carbonyl (C=O) groups excluding carboxylic acids is 2. The molecule has 0 saturated heterocycles. The molecule has 0 aliphatic carbocycles. The van der Waals surface area contributed by atoms with Gasteiger partial charge in [0.05, 0.1) is 0 Å². The summed E-state index contributed by atoms with van der Waals surface area (Å²) in [5.41, 5.74) is 0. The molecule has 1 atom stereocenters. The molecular weight excluding hydrogens is 249 g/mol. The van der Waals surface area contributed by atoms with Crippen LogP contribution < -0.4 is 5.32 Å². The summed E-state index contributed by atoms with van der Waals surface area (Å²) < 4.78 is 4.57. The van der Waals surface area contributed by atoms with Crippen molar-refractivity contribution in [2.24, 2.45) is 0 Å². The van der Waals surface area contributed by atoms with Crippen LogP contribution in [0, 0.1) is 0 Å². The molecule has 14 heavy (non-hydrogen) atoms. The Morgan fingerprint density at radius 2 is 2.29 bits per heavy atom. The summed E-state index contributed by atoms with van der Waals surface area (Å²) in [6.07, 6.45) is 1.81. The maximum absolute atomic E-state index is 11.2. The molecule has 0 spiro atoms. The van der Waals surface area contributed by atoms with E-state index in [0.29, 0.717) is 5.32 Å². The predicted molar refractivity (Wildman–Crippen MR) is 55.2 cm³/mol. The Balaban J connectivity index is 4.03. The average molecular weight is 264 g/mol. The van der Waals surface area contributed by atoms with E-state index in [4.69, 9.17) is 0 Å². The van der Waals surface area contributed by atoms with Crippen LogP contribution in [0.4, 0.5) is 0 Å². The number of methoxy groups -OCH3 is 1. The Kier molecular flexibility index (Phi) is 7.16. The molecule has 1 amide bonds. The van der Waals surface area contributed by atoms with Crippen molar-refractivity contribution < 1.29 is 14.3 Å². The molecule has 4 nitrogen and oxygen atoms in total. The quantitative estimate of drug-likeness (QED) is 0.327. The molecule has 0 bridgehead atoms. The third-order valence-electron chi connectivity index (χ3n) is 1.38. The average Bonchev–Trinajstić information content (AvgIpc) is 2.15. The van der Waals surface area contributed by atoms with Crippen molar-refractivity contribution in [2.45, 2.75) is 23.6 Å². The van der Waals surface area contributed by atoms with Gasteiger partial charge in [-0.2, -0.15) is 0 Å². The number of ether oxygens (including phenoxy) is 1. The van der Waals surface area contributed by atoms with Crippen LogP contribution in [0.1, 0.15) is 6.92 Å². The van der Waals surface area contributed by atoms with Gasteiger partial charge >= 0.3 is 89.8 Å². The van der Waals surface area contributed by atoms with E-state index >= 15 is 0 Å². The maximum atomic E-state index is 11.2. The van der Waals surface area contributed by atoms with E-state index in [9.17, 15) is 9.59 Å². The van der Waals surface area contributed by atoms with Gasteiger partial charge in [-0.1, -0.05) is 0 Å². The minimum atomic E-state index is -0.502. The van der Waals surface area contributed by atoms with Crippen molar-refractivity contribution in [3.05, 3.63) is 12.7 Å². The number of nitrogens with one attached hydrogen (secondary N) is 1. The second kappa shape index (κ2) is 7.59. The zero-order chi connectivity index (χ0) is 11.0. The first kappa shape index (κ1) is 13.2. The second-order valence-electron chi connectivity index (χ2n) is 2.60. The predicted octanol–water partition coefficient (Wildman–Crippen LogP) is 0.391. The van der Waals surface area contributed by atoms with Gasteiger partial charge < -0.3 is 0 Å². The Morgan fingerprint density at radius 3 is 2.71 bits per heavy atom. The third-order valence-corrected chi connectivity index (χ3v) is 3.57. The minimum absolute atomic E-state index is 0.213. The van der Waals surface area contributed by atoms with E-state index in [0.717, 1.165) is 5.32 Å². The first-order valence-electron chi connectivity index (χ1n) is 4.15. The van der Waals surface area contributed by atoms with Crippen molar-refractivity contribution >= 4 is 26.8 Å². The number of hydrogen-bond acceptors (Lipinski definition) is 3. The second-order valence-corrected chi connectivity index (χ2v) is 4.86. The topological polar surface area (TPSA) is 55.4 Å². The molecule has 5 heteroatoms. The van der Waals surface area contributed by atoms with Gasteiger partial charge in [0.1, 0.15) is 0 Å². The Hall–Kier alpha value is -0.801. The first-order valence-corrected chi connectivity index (χ1v) is 6.57. The van der Waals surface area contributed by atoms with E-state index in [2.05, 4.69) is 16.6 Å². The summed E-state index contributed by atoms with van der Waals surface area (Å²) >= 11 is 0.281. The molecule has 1 N–H and O–H groups in total. The van der Waals surface area contributed by atoms with E-state index in [1.807, 2.05) is 6.08 Å². The Bertz CT molecular complexity index is 218. The summed E-state index contributed by atoms with van der Waals surface area (Å²) in [6.45, 7) is 4.98. The zero-order valence-electron chi connectivity index (χ0n) is 8.41. The number of carbonyl (C=O) groups is 2. The van der Waals surface area contributed by atoms with Crippen LogP contribution in [0.25, 0.3) is 0 Å². The van der Waals surface area contributed by atoms with Crippen molar-refractivity contribution in [3.63, 3.8) is 0 Å². The van der Waals surface area contributed by atoms with Gasteiger partial charge in [0.15, 0.2) is 0 Å². The number of amides is 1. The molecule has 0 aromatic rings. The molecule has 0 aromatic heterocycles. The van der Waals surface area contributed by atoms with Crippen LogP contribution in [-0.4, -0.2) is 40.0 Å². The van der Waals surface area contributed by atoms with E-state index in [-0.39, 0.29) is 26.8 Å². The normalized spacial score (nSPS) is 11.6. The Morgan fingerprint density at radius 1 is 1.64 bits per heavy atom. The molecular formula is C9H15NO3Se. The fourth-order valence-corrected chi connectivity index (χ4v) is 2.42. The summed E-state index contributed by atoms with van der Waals surface area (Å²) in [7, 11) is 1.32. The SMILES string of the molecule is C=CC[Se]C[C@H](NC(C)=O)C(=O)OC. The summed E-state index contributed by atoms with van der Waals surface area (Å²) in [5, 5.41) is 4.09. The van der Waals surface area contributed by atoms with Gasteiger partial charge in [-0.3, -0.25) is 0 Å². The first-order chi connectivity index (χ1) is 6.61. The zero-order valence-corrected chi connectivity index (χ0v) is 10.1. The molecule has 0 heterocycles. The summed E-state index contributed by atoms with van der Waals surface area (Å²) in [6, 6.07) is -0.502. The number of allylic oxidation sites excluding steroid dienone is 1. The van der Waals surface area contributed by atoms with Gasteiger partial charge in [0, 0.05) is 0 Å². The fraction of sp³-hybridized carbons (Fsp3) is 0.556. The molecule has 0 rings (SSSR count). The van der Waals surface area contributed by atoms with Crippen LogP contribution in [0.2, 0.25) is 10.6 Å². The van der Waals surface area contributed by atoms with Crippen molar-refractivity contribution in [1.29, 1.82) is 0 Å². The van der Waals surface area contributed by atoms with Crippen molar-refractivity contribution in [2.75, 3.05) is 7.11 Å². The molecule has 80 valence electrons. The summed E-state index contributed by atoms with van der Waals surface area (Å²) in [4.78, 5) is 22.0. The molecule has 0 aliphatic heterocycles. The van der Waals surface area contributed by atoms with Gasteiger partial charge in [-0.05, 0) is 0 Å².